The first-order chi connectivity index (χ1) is 15.9. The van der Waals surface area contributed by atoms with E-state index in [9.17, 15) is 9.59 Å². The van der Waals surface area contributed by atoms with E-state index in [4.69, 9.17) is 9.90 Å². The van der Waals surface area contributed by atoms with Gasteiger partial charge in [-0.25, -0.2) is 4.79 Å². The Kier molecular flexibility index (Phi) is 6.62. The highest BCUT2D eigenvalue weighted by Crippen LogP contribution is 2.43. The van der Waals surface area contributed by atoms with Crippen LogP contribution in [0.4, 0.5) is 0 Å². The Hall–Kier alpha value is -3.04. The van der Waals surface area contributed by atoms with Gasteiger partial charge in [0, 0.05) is 68.0 Å². The van der Waals surface area contributed by atoms with E-state index < -0.39 is 0 Å². The van der Waals surface area contributed by atoms with Crippen molar-refractivity contribution >= 4 is 12.4 Å². The molecular weight excluding hydrogens is 422 g/mol. The third-order valence-electron chi connectivity index (χ3n) is 7.11. The van der Waals surface area contributed by atoms with Crippen LogP contribution in [-0.4, -0.2) is 82.1 Å². The van der Waals surface area contributed by atoms with E-state index in [1.54, 1.807) is 6.92 Å². The van der Waals surface area contributed by atoms with E-state index in [0.29, 0.717) is 11.6 Å². The predicted molar refractivity (Wildman–Crippen MR) is 123 cm³/mol. The molecule has 6 rings (SSSR count). The zero-order valence-electron chi connectivity index (χ0n) is 19.1. The van der Waals surface area contributed by atoms with Gasteiger partial charge in [-0.05, 0) is 25.5 Å². The number of hydrogen-bond donors (Lipinski definition) is 2. The number of nitrogens with zero attached hydrogens (tertiary/aromatic N) is 4. The second-order valence-corrected chi connectivity index (χ2v) is 9.31. The number of rotatable bonds is 4. The number of carbonyl (C=O) groups excluding carboxylic acids is 1. The Morgan fingerprint density at radius 3 is 2.36 bits per heavy atom. The lowest BCUT2D eigenvalue weighted by molar-refractivity contribution is -0.125. The molecule has 4 aliphatic rings. The Balaban J connectivity index is 0.000000821. The van der Waals surface area contributed by atoms with E-state index in [0.717, 1.165) is 45.0 Å². The fourth-order valence-corrected chi connectivity index (χ4v) is 5.90. The molecular formula is C24H31N5O4. The zero-order chi connectivity index (χ0) is 23.6. The standard InChI is InChI=1S/C23H29N5O2.CH2O2/c1-16-10-17(2)28(22(30)24-16)13-20(29)25-21-18-11-26-8-9-27(12-18)15-23(21,14-26)19-6-4-3-5-7-19;2-1-3/h3-7,10,18,21H,8-9,11-15H2,1-2H3,(H,25,29);1H,(H,2,3). The van der Waals surface area contributed by atoms with Crippen molar-refractivity contribution in [1.29, 1.82) is 0 Å². The summed E-state index contributed by atoms with van der Waals surface area (Å²) in [7, 11) is 0. The zero-order valence-corrected chi connectivity index (χ0v) is 19.1. The van der Waals surface area contributed by atoms with Crippen LogP contribution in [-0.2, 0) is 21.5 Å². The van der Waals surface area contributed by atoms with Gasteiger partial charge in [0.1, 0.15) is 6.54 Å². The maximum absolute atomic E-state index is 13.1. The van der Waals surface area contributed by atoms with Gasteiger partial charge in [0.15, 0.2) is 0 Å². The van der Waals surface area contributed by atoms with Crippen LogP contribution in [0.25, 0.3) is 0 Å². The molecule has 0 aliphatic carbocycles. The summed E-state index contributed by atoms with van der Waals surface area (Å²) in [5, 5.41) is 10.3. The van der Waals surface area contributed by atoms with Crippen LogP contribution in [0.5, 0.6) is 0 Å². The molecule has 176 valence electrons. The Morgan fingerprint density at radius 1 is 1.18 bits per heavy atom. The van der Waals surface area contributed by atoms with Gasteiger partial charge < -0.3 is 20.2 Å². The maximum atomic E-state index is 13.1. The highest BCUT2D eigenvalue weighted by Gasteiger charge is 2.55. The van der Waals surface area contributed by atoms with Crippen LogP contribution in [0, 0.1) is 19.8 Å². The van der Waals surface area contributed by atoms with Crippen molar-refractivity contribution in [2.75, 3.05) is 39.3 Å². The summed E-state index contributed by atoms with van der Waals surface area (Å²) < 4.78 is 1.47. The number of aromatic nitrogens is 2. The van der Waals surface area contributed by atoms with Crippen LogP contribution >= 0.6 is 0 Å². The number of fused-ring (bicyclic) bond motifs is 1. The molecule has 4 saturated heterocycles. The van der Waals surface area contributed by atoms with Gasteiger partial charge in [0.25, 0.3) is 6.47 Å². The molecule has 2 N–H and O–H groups in total. The lowest BCUT2D eigenvalue weighted by Crippen LogP contribution is -2.70. The first-order valence-electron chi connectivity index (χ1n) is 11.3. The van der Waals surface area contributed by atoms with Gasteiger partial charge in [-0.3, -0.25) is 14.2 Å². The van der Waals surface area contributed by atoms with E-state index >= 15 is 0 Å². The van der Waals surface area contributed by atoms with E-state index in [1.807, 2.05) is 19.1 Å². The second kappa shape index (κ2) is 9.44. The smallest absolute Gasteiger partial charge is 0.348 e. The van der Waals surface area contributed by atoms with Crippen LogP contribution in [0.15, 0.2) is 41.2 Å². The molecule has 9 heteroatoms. The van der Waals surface area contributed by atoms with Crippen LogP contribution in [0.2, 0.25) is 0 Å². The molecule has 1 amide bonds. The van der Waals surface area contributed by atoms with Crippen molar-refractivity contribution in [2.45, 2.75) is 31.8 Å². The second-order valence-electron chi connectivity index (χ2n) is 9.31. The summed E-state index contributed by atoms with van der Waals surface area (Å²) in [5.41, 5.74) is 2.25. The average molecular weight is 454 g/mol. The van der Waals surface area contributed by atoms with Crippen LogP contribution < -0.4 is 11.0 Å². The first kappa shape index (κ1) is 23.1. The largest absolute Gasteiger partial charge is 0.483 e. The van der Waals surface area contributed by atoms with Crippen molar-refractivity contribution in [3.05, 3.63) is 63.8 Å². The lowest BCUT2D eigenvalue weighted by Gasteiger charge is -2.55. The minimum absolute atomic E-state index is 0.0134. The highest BCUT2D eigenvalue weighted by atomic mass is 16.3. The summed E-state index contributed by atoms with van der Waals surface area (Å²) in [4.78, 5) is 42.9. The monoisotopic (exact) mass is 453 g/mol. The molecule has 1 aromatic heterocycles. The normalized spacial score (nSPS) is 29.5. The lowest BCUT2D eigenvalue weighted by atomic mass is 9.64. The molecule has 1 aromatic carbocycles. The summed E-state index contributed by atoms with van der Waals surface area (Å²) >= 11 is 0. The molecule has 0 spiro atoms. The van der Waals surface area contributed by atoms with Crippen molar-refractivity contribution in [1.82, 2.24) is 24.7 Å². The van der Waals surface area contributed by atoms with E-state index in [1.165, 1.54) is 10.1 Å². The maximum Gasteiger partial charge on any atom is 0.348 e. The fraction of sp³-hybridized carbons (Fsp3) is 0.500. The quantitative estimate of drug-likeness (QED) is 0.639. The van der Waals surface area contributed by atoms with Gasteiger partial charge in [0.2, 0.25) is 5.91 Å². The van der Waals surface area contributed by atoms with Crippen LogP contribution in [0.3, 0.4) is 0 Å². The predicted octanol–water partition coefficient (Wildman–Crippen LogP) is 0.245. The number of carbonyl (C=O) groups is 2. The number of nitrogens with one attached hydrogen (secondary N) is 1. The summed E-state index contributed by atoms with van der Waals surface area (Å²) in [5.74, 6) is 0.274. The van der Waals surface area contributed by atoms with Gasteiger partial charge >= 0.3 is 5.69 Å². The minimum atomic E-state index is -0.362. The molecule has 4 aliphatic heterocycles. The van der Waals surface area contributed by atoms with Crippen molar-refractivity contribution < 1.29 is 14.7 Å². The molecule has 3 unspecified atom stereocenters. The molecule has 2 aromatic rings. The molecule has 0 saturated carbocycles. The number of benzene rings is 1. The number of hydrogen-bond acceptors (Lipinski definition) is 6. The first-order valence-corrected chi connectivity index (χ1v) is 11.3. The summed E-state index contributed by atoms with van der Waals surface area (Å²) in [6.07, 6.45) is 0. The third-order valence-corrected chi connectivity index (χ3v) is 7.11. The number of carboxylic acid groups (broad SMARTS) is 1. The molecule has 0 radical (unpaired) electrons. The summed E-state index contributed by atoms with van der Waals surface area (Å²) in [6, 6.07) is 12.5. The Labute approximate surface area is 193 Å². The van der Waals surface area contributed by atoms with Crippen molar-refractivity contribution in [3.63, 3.8) is 0 Å². The van der Waals surface area contributed by atoms with Gasteiger partial charge in [-0.1, -0.05) is 30.3 Å². The molecule has 3 atom stereocenters. The molecule has 4 fully saturated rings. The average Bonchev–Trinajstić information content (AvgIpc) is 3.02. The highest BCUT2D eigenvalue weighted by molar-refractivity contribution is 5.76. The van der Waals surface area contributed by atoms with Gasteiger partial charge in [0.05, 0.1) is 0 Å². The number of piperidine rings is 2. The van der Waals surface area contributed by atoms with E-state index in [2.05, 4.69) is 44.4 Å². The number of amides is 1. The summed E-state index contributed by atoms with van der Waals surface area (Å²) in [6.45, 7) is 9.54. The SMILES string of the molecule is Cc1cc(C)n(CC(=O)NC2C3CN4CCN(C3)CC2(c2ccccc2)C4)c(=O)n1.O=CO. The molecule has 9 nitrogen and oxygen atoms in total. The third kappa shape index (κ3) is 4.56. The van der Waals surface area contributed by atoms with Crippen LogP contribution in [0.1, 0.15) is 17.0 Å². The molecule has 33 heavy (non-hydrogen) atoms. The van der Waals surface area contributed by atoms with Crippen molar-refractivity contribution in [2.24, 2.45) is 5.92 Å². The van der Waals surface area contributed by atoms with Crippen molar-refractivity contribution in [3.8, 4) is 0 Å². The topological polar surface area (TPSA) is 108 Å². The molecule has 4 bridgehead atoms. The van der Waals surface area contributed by atoms with Gasteiger partial charge in [-0.2, -0.15) is 4.98 Å². The van der Waals surface area contributed by atoms with Gasteiger partial charge in [-0.15, -0.1) is 0 Å². The molecule has 5 heterocycles. The van der Waals surface area contributed by atoms with E-state index in [-0.39, 0.29) is 36.1 Å². The Bertz CT molecular complexity index is 1050. The number of aryl methyl sites for hydroxylation is 2. The Morgan fingerprint density at radius 2 is 1.79 bits per heavy atom. The fourth-order valence-electron chi connectivity index (χ4n) is 5.90. The minimum Gasteiger partial charge on any atom is -0.483 e.